The van der Waals surface area contributed by atoms with Crippen LogP contribution in [0.4, 0.5) is 0 Å². The number of rotatable bonds is 49. The standard InChI is InChI=1S/C62H105N2O6P/c1-6-8-10-12-14-16-18-19-20-21-22-23-24-25-26-27-28-29-30-31-32-33-34-35-36-37-38-39-40-41-42-43-44-45-46-48-50-52-54-56-62(66)63-60(59-70-71(67,68)69-58-57-64(3,4)5)61(65)55-53-51-49-47-17-15-13-11-9-7-2/h8,10,14,16,19-20,22-23,25-26,28-29,31-32,34-35,37-38,40-41,43-44,60-61,65H,6-7,9,11-13,15,17-18,21,24,27,30,33,36,39,42,45-59H2,1-5H3,(H-,63,66,67,68)/b10-8-,16-14-,20-19-,23-22-,26-25-,29-28-,32-31-,35-34-,38-37-,41-40-,44-43-. The van der Waals surface area contributed by atoms with Crippen LogP contribution in [0, 0.1) is 0 Å². The molecule has 0 radical (unpaired) electrons. The molecular formula is C62H105N2O6P. The topological polar surface area (TPSA) is 108 Å². The van der Waals surface area contributed by atoms with Crippen LogP contribution < -0.4 is 10.2 Å². The minimum absolute atomic E-state index is 0.000892. The number of carbonyl (C=O) groups excluding carboxylic acids is 1. The van der Waals surface area contributed by atoms with Gasteiger partial charge in [-0.2, -0.15) is 0 Å². The molecule has 0 heterocycles. The van der Waals surface area contributed by atoms with Crippen molar-refractivity contribution in [1.82, 2.24) is 5.32 Å². The molecule has 3 atom stereocenters. The van der Waals surface area contributed by atoms with Gasteiger partial charge in [-0.25, -0.2) is 0 Å². The monoisotopic (exact) mass is 1000 g/mol. The smallest absolute Gasteiger partial charge is 0.268 e. The number of phosphoric acid groups is 1. The highest BCUT2D eigenvalue weighted by Gasteiger charge is 2.24. The molecule has 9 heteroatoms. The van der Waals surface area contributed by atoms with Gasteiger partial charge in [-0.1, -0.05) is 231 Å². The van der Waals surface area contributed by atoms with Crippen LogP contribution in [-0.4, -0.2) is 68.5 Å². The van der Waals surface area contributed by atoms with Crippen molar-refractivity contribution in [2.45, 2.75) is 212 Å². The summed E-state index contributed by atoms with van der Waals surface area (Å²) in [6.07, 6.45) is 77.8. The van der Waals surface area contributed by atoms with Crippen LogP contribution in [0.15, 0.2) is 134 Å². The number of quaternary nitrogens is 1. The van der Waals surface area contributed by atoms with E-state index in [9.17, 15) is 19.4 Å². The molecule has 8 nitrogen and oxygen atoms in total. The van der Waals surface area contributed by atoms with Crippen LogP contribution in [0.1, 0.15) is 200 Å². The van der Waals surface area contributed by atoms with Crippen molar-refractivity contribution in [2.24, 2.45) is 0 Å². The zero-order valence-electron chi connectivity index (χ0n) is 45.9. The molecule has 0 saturated carbocycles. The quantitative estimate of drug-likeness (QED) is 0.0272. The van der Waals surface area contributed by atoms with E-state index in [1.165, 1.54) is 44.9 Å². The largest absolute Gasteiger partial charge is 0.756 e. The molecule has 0 bridgehead atoms. The Kier molecular flexibility index (Phi) is 49.1. The van der Waals surface area contributed by atoms with E-state index < -0.39 is 20.0 Å². The van der Waals surface area contributed by atoms with Crippen molar-refractivity contribution in [1.29, 1.82) is 0 Å². The fourth-order valence-corrected chi connectivity index (χ4v) is 8.00. The van der Waals surface area contributed by atoms with E-state index in [4.69, 9.17) is 9.05 Å². The van der Waals surface area contributed by atoms with Crippen LogP contribution >= 0.6 is 7.82 Å². The highest BCUT2D eigenvalue weighted by molar-refractivity contribution is 7.45. The number of likely N-dealkylation sites (N-methyl/N-ethyl adjacent to an activating group) is 1. The molecule has 0 rings (SSSR count). The minimum atomic E-state index is -4.58. The molecule has 0 fully saturated rings. The summed E-state index contributed by atoms with van der Waals surface area (Å²) in [5.41, 5.74) is 0. The molecule has 0 aliphatic rings. The van der Waals surface area contributed by atoms with Crippen LogP contribution in [0.25, 0.3) is 0 Å². The number of nitrogens with zero attached hydrogens (tertiary/aromatic N) is 1. The summed E-state index contributed by atoms with van der Waals surface area (Å²) in [5.74, 6) is -0.192. The molecule has 71 heavy (non-hydrogen) atoms. The Morgan fingerprint density at radius 1 is 0.507 bits per heavy atom. The Hall–Kier alpha value is -3.36. The van der Waals surface area contributed by atoms with Gasteiger partial charge in [0.05, 0.1) is 39.9 Å². The molecule has 0 spiro atoms. The number of nitrogens with one attached hydrogen (secondary N) is 1. The maximum Gasteiger partial charge on any atom is 0.268 e. The molecule has 0 aromatic carbocycles. The van der Waals surface area contributed by atoms with Gasteiger partial charge >= 0.3 is 0 Å². The molecule has 0 aliphatic carbocycles. The molecule has 0 aliphatic heterocycles. The number of allylic oxidation sites excluding steroid dienone is 22. The first-order valence-electron chi connectivity index (χ1n) is 28.0. The molecule has 0 aromatic rings. The summed E-state index contributed by atoms with van der Waals surface area (Å²) in [6, 6.07) is -0.819. The number of hydrogen-bond donors (Lipinski definition) is 2. The van der Waals surface area contributed by atoms with Crippen LogP contribution in [0.2, 0.25) is 0 Å². The lowest BCUT2D eigenvalue weighted by Crippen LogP contribution is -2.46. The van der Waals surface area contributed by atoms with Gasteiger partial charge < -0.3 is 28.8 Å². The number of aliphatic hydroxyl groups is 1. The van der Waals surface area contributed by atoms with E-state index in [0.717, 1.165) is 128 Å². The van der Waals surface area contributed by atoms with Crippen LogP contribution in [-0.2, 0) is 18.4 Å². The van der Waals surface area contributed by atoms with Gasteiger partial charge in [0.15, 0.2) is 0 Å². The van der Waals surface area contributed by atoms with Crippen LogP contribution in [0.5, 0.6) is 0 Å². The van der Waals surface area contributed by atoms with E-state index >= 15 is 0 Å². The van der Waals surface area contributed by atoms with Gasteiger partial charge in [-0.15, -0.1) is 0 Å². The van der Waals surface area contributed by atoms with Gasteiger partial charge in [0.1, 0.15) is 13.2 Å². The zero-order chi connectivity index (χ0) is 52.0. The van der Waals surface area contributed by atoms with E-state index in [1.54, 1.807) is 0 Å². The Morgan fingerprint density at radius 3 is 1.25 bits per heavy atom. The van der Waals surface area contributed by atoms with Crippen LogP contribution in [0.3, 0.4) is 0 Å². The van der Waals surface area contributed by atoms with E-state index in [2.05, 4.69) is 153 Å². The lowest BCUT2D eigenvalue weighted by molar-refractivity contribution is -0.870. The average Bonchev–Trinajstić information content (AvgIpc) is 3.33. The molecule has 0 aromatic heterocycles. The maximum atomic E-state index is 12.9. The van der Waals surface area contributed by atoms with E-state index in [-0.39, 0.29) is 19.1 Å². The molecule has 1 amide bonds. The van der Waals surface area contributed by atoms with Crippen molar-refractivity contribution in [3.63, 3.8) is 0 Å². The first-order chi connectivity index (χ1) is 34.5. The molecule has 2 N–H and O–H groups in total. The highest BCUT2D eigenvalue weighted by atomic mass is 31.2. The first-order valence-corrected chi connectivity index (χ1v) is 29.5. The third kappa shape index (κ3) is 54.3. The first kappa shape index (κ1) is 67.6. The fraction of sp³-hybridized carbons (Fsp3) is 0.629. The summed E-state index contributed by atoms with van der Waals surface area (Å²) in [5, 5.41) is 13.9. The second kappa shape index (κ2) is 51.5. The molecule has 3 unspecified atom stereocenters. The normalized spacial score (nSPS) is 15.0. The Balaban J connectivity index is 4.13. The fourth-order valence-electron chi connectivity index (χ4n) is 7.28. The summed E-state index contributed by atoms with van der Waals surface area (Å²) >= 11 is 0. The Bertz CT molecular complexity index is 1610. The van der Waals surface area contributed by atoms with Gasteiger partial charge in [-0.05, 0) is 96.3 Å². The van der Waals surface area contributed by atoms with Gasteiger partial charge in [-0.3, -0.25) is 9.36 Å². The molecule has 0 saturated heterocycles. The van der Waals surface area contributed by atoms with Gasteiger partial charge in [0, 0.05) is 6.42 Å². The lowest BCUT2D eigenvalue weighted by atomic mass is 10.0. The number of amides is 1. The summed E-state index contributed by atoms with van der Waals surface area (Å²) in [6.45, 7) is 4.55. The number of carbonyl (C=O) groups is 1. The van der Waals surface area contributed by atoms with E-state index in [1.807, 2.05) is 21.1 Å². The van der Waals surface area contributed by atoms with Gasteiger partial charge in [0.25, 0.3) is 7.82 Å². The number of unbranched alkanes of at least 4 members (excludes halogenated alkanes) is 14. The van der Waals surface area contributed by atoms with Crippen molar-refractivity contribution >= 4 is 13.7 Å². The molecular weight excluding hydrogens is 900 g/mol. The van der Waals surface area contributed by atoms with Gasteiger partial charge in [0.2, 0.25) is 5.91 Å². The van der Waals surface area contributed by atoms with Crippen molar-refractivity contribution in [2.75, 3.05) is 40.9 Å². The second-order valence-electron chi connectivity index (χ2n) is 19.6. The third-order valence-electron chi connectivity index (χ3n) is 11.7. The summed E-state index contributed by atoms with van der Waals surface area (Å²) < 4.78 is 23.3. The Labute approximate surface area is 436 Å². The zero-order valence-corrected chi connectivity index (χ0v) is 46.8. The Morgan fingerprint density at radius 2 is 0.859 bits per heavy atom. The lowest BCUT2D eigenvalue weighted by Gasteiger charge is -2.30. The maximum absolute atomic E-state index is 12.9. The third-order valence-corrected chi connectivity index (χ3v) is 12.6. The summed E-state index contributed by atoms with van der Waals surface area (Å²) in [4.78, 5) is 25.4. The molecule has 404 valence electrons. The van der Waals surface area contributed by atoms with E-state index in [0.29, 0.717) is 23.9 Å². The van der Waals surface area contributed by atoms with Crippen molar-refractivity contribution < 1.29 is 32.9 Å². The summed E-state index contributed by atoms with van der Waals surface area (Å²) in [7, 11) is 1.27. The average molecular weight is 1010 g/mol. The minimum Gasteiger partial charge on any atom is -0.756 e. The highest BCUT2D eigenvalue weighted by Crippen LogP contribution is 2.38. The number of phosphoric ester groups is 1. The predicted octanol–water partition coefficient (Wildman–Crippen LogP) is 16.5. The van der Waals surface area contributed by atoms with Crippen molar-refractivity contribution in [3.05, 3.63) is 134 Å². The SMILES string of the molecule is CC/C=C\C/C=C\C/C=C\C/C=C\C/C=C\C/C=C\C/C=C\C/C=C\C/C=C\C/C=C\C/C=C\CCCCCCCC(=O)NC(COP(=O)([O-])OCC[N+](C)(C)C)C(O)CCCCCCCCCCCC. The second-order valence-corrected chi connectivity index (χ2v) is 21.0. The number of aliphatic hydroxyl groups excluding tert-OH is 1. The predicted molar refractivity (Wildman–Crippen MR) is 306 cm³/mol. The van der Waals surface area contributed by atoms with Crippen molar-refractivity contribution in [3.8, 4) is 0 Å². The number of hydrogen-bond acceptors (Lipinski definition) is 6.